The molecule has 88 valence electrons. The molecular formula is C14H22N2. The average Bonchev–Trinajstić information content (AvgIpc) is 2.28. The van der Waals surface area contributed by atoms with Crippen LogP contribution in [0.4, 0.5) is 11.4 Å². The van der Waals surface area contributed by atoms with Crippen LogP contribution in [0.1, 0.15) is 32.6 Å². The zero-order chi connectivity index (χ0) is 11.4. The highest BCUT2D eigenvalue weighted by molar-refractivity contribution is 5.51. The molecule has 0 saturated heterocycles. The summed E-state index contributed by atoms with van der Waals surface area (Å²) in [4.78, 5) is 0. The van der Waals surface area contributed by atoms with Crippen molar-refractivity contribution < 1.29 is 0 Å². The van der Waals surface area contributed by atoms with E-state index in [1.54, 1.807) is 0 Å². The van der Waals surface area contributed by atoms with Crippen LogP contribution < -0.4 is 11.1 Å². The molecule has 0 bridgehead atoms. The van der Waals surface area contributed by atoms with E-state index in [4.69, 9.17) is 5.73 Å². The predicted molar refractivity (Wildman–Crippen MR) is 70.5 cm³/mol. The Kier molecular flexibility index (Phi) is 3.70. The molecule has 2 atom stereocenters. The molecule has 0 aliphatic heterocycles. The van der Waals surface area contributed by atoms with Gasteiger partial charge in [0.2, 0.25) is 0 Å². The zero-order valence-electron chi connectivity index (χ0n) is 10.1. The molecule has 2 rings (SSSR count). The first-order valence-electron chi connectivity index (χ1n) is 6.33. The molecule has 0 amide bonds. The Morgan fingerprint density at radius 2 is 2.00 bits per heavy atom. The van der Waals surface area contributed by atoms with Gasteiger partial charge in [-0.25, -0.2) is 0 Å². The second kappa shape index (κ2) is 5.24. The van der Waals surface area contributed by atoms with Crippen molar-refractivity contribution in [3.8, 4) is 0 Å². The molecule has 1 aliphatic rings. The Balaban J connectivity index is 1.80. The van der Waals surface area contributed by atoms with Gasteiger partial charge in [0.15, 0.2) is 0 Å². The minimum Gasteiger partial charge on any atom is -0.399 e. The summed E-state index contributed by atoms with van der Waals surface area (Å²) < 4.78 is 0. The number of nitrogens with two attached hydrogens (primary N) is 1. The molecule has 0 radical (unpaired) electrons. The lowest BCUT2D eigenvalue weighted by atomic mass is 9.82. The molecule has 0 spiro atoms. The fraction of sp³-hybridized carbons (Fsp3) is 0.571. The quantitative estimate of drug-likeness (QED) is 0.762. The SMILES string of the molecule is CC1CCCC(CNc2ccc(N)cc2)C1. The van der Waals surface area contributed by atoms with Gasteiger partial charge in [0.1, 0.15) is 0 Å². The fourth-order valence-corrected chi connectivity index (χ4v) is 2.61. The van der Waals surface area contributed by atoms with Gasteiger partial charge in [0.25, 0.3) is 0 Å². The number of rotatable bonds is 3. The molecule has 0 heterocycles. The third-order valence-electron chi connectivity index (χ3n) is 3.55. The first kappa shape index (κ1) is 11.3. The van der Waals surface area contributed by atoms with Crippen molar-refractivity contribution in [3.63, 3.8) is 0 Å². The third-order valence-corrected chi connectivity index (χ3v) is 3.55. The standard InChI is InChI=1S/C14H22N2/c1-11-3-2-4-12(9-11)10-16-14-7-5-13(15)6-8-14/h5-8,11-12,16H,2-4,9-10,15H2,1H3. The lowest BCUT2D eigenvalue weighted by Crippen LogP contribution is -2.20. The Labute approximate surface area is 98.2 Å². The molecule has 16 heavy (non-hydrogen) atoms. The van der Waals surface area contributed by atoms with E-state index in [1.807, 2.05) is 12.1 Å². The number of benzene rings is 1. The molecule has 3 N–H and O–H groups in total. The zero-order valence-corrected chi connectivity index (χ0v) is 10.1. The molecular weight excluding hydrogens is 196 g/mol. The van der Waals surface area contributed by atoms with Gasteiger partial charge in [0, 0.05) is 17.9 Å². The van der Waals surface area contributed by atoms with Crippen molar-refractivity contribution in [3.05, 3.63) is 24.3 Å². The van der Waals surface area contributed by atoms with E-state index in [-0.39, 0.29) is 0 Å². The number of nitrogens with one attached hydrogen (secondary N) is 1. The van der Waals surface area contributed by atoms with E-state index < -0.39 is 0 Å². The normalized spacial score (nSPS) is 25.3. The Morgan fingerprint density at radius 1 is 1.25 bits per heavy atom. The van der Waals surface area contributed by atoms with E-state index in [2.05, 4.69) is 24.4 Å². The van der Waals surface area contributed by atoms with Crippen LogP contribution in [0.25, 0.3) is 0 Å². The molecule has 1 aliphatic carbocycles. The van der Waals surface area contributed by atoms with Gasteiger partial charge >= 0.3 is 0 Å². The van der Waals surface area contributed by atoms with Gasteiger partial charge in [-0.05, 0) is 48.9 Å². The molecule has 2 heteroatoms. The van der Waals surface area contributed by atoms with Gasteiger partial charge in [-0.15, -0.1) is 0 Å². The smallest absolute Gasteiger partial charge is 0.0341 e. The molecule has 1 aromatic rings. The van der Waals surface area contributed by atoms with Crippen molar-refractivity contribution >= 4 is 11.4 Å². The number of hydrogen-bond donors (Lipinski definition) is 2. The van der Waals surface area contributed by atoms with Crippen molar-refractivity contribution in [1.29, 1.82) is 0 Å². The Bertz CT molecular complexity index is 318. The number of anilines is 2. The lowest BCUT2D eigenvalue weighted by Gasteiger charge is -2.27. The molecule has 1 aromatic carbocycles. The van der Waals surface area contributed by atoms with Gasteiger partial charge in [-0.1, -0.05) is 19.8 Å². The summed E-state index contributed by atoms with van der Waals surface area (Å²) in [6.45, 7) is 3.48. The maximum Gasteiger partial charge on any atom is 0.0341 e. The fourth-order valence-electron chi connectivity index (χ4n) is 2.61. The Hall–Kier alpha value is -1.18. The van der Waals surface area contributed by atoms with E-state index in [0.717, 1.165) is 24.1 Å². The first-order valence-corrected chi connectivity index (χ1v) is 6.33. The topological polar surface area (TPSA) is 38.0 Å². The number of nitrogen functional groups attached to an aromatic ring is 1. The van der Waals surface area contributed by atoms with Gasteiger partial charge in [-0.3, -0.25) is 0 Å². The summed E-state index contributed by atoms with van der Waals surface area (Å²) in [5.41, 5.74) is 7.67. The third kappa shape index (κ3) is 3.16. The van der Waals surface area contributed by atoms with Crippen LogP contribution >= 0.6 is 0 Å². The van der Waals surface area contributed by atoms with Crippen molar-refractivity contribution in [1.82, 2.24) is 0 Å². The van der Waals surface area contributed by atoms with Crippen LogP contribution in [0.15, 0.2) is 24.3 Å². The molecule has 2 unspecified atom stereocenters. The van der Waals surface area contributed by atoms with Gasteiger partial charge < -0.3 is 11.1 Å². The van der Waals surface area contributed by atoms with E-state index in [0.29, 0.717) is 0 Å². The van der Waals surface area contributed by atoms with Crippen LogP contribution in [0.2, 0.25) is 0 Å². The maximum absolute atomic E-state index is 5.66. The van der Waals surface area contributed by atoms with Gasteiger partial charge in [0.05, 0.1) is 0 Å². The van der Waals surface area contributed by atoms with Crippen molar-refractivity contribution in [2.75, 3.05) is 17.6 Å². The van der Waals surface area contributed by atoms with E-state index in [9.17, 15) is 0 Å². The average molecular weight is 218 g/mol. The molecule has 1 fully saturated rings. The Morgan fingerprint density at radius 3 is 2.69 bits per heavy atom. The van der Waals surface area contributed by atoms with Crippen LogP contribution in [0, 0.1) is 11.8 Å². The summed E-state index contributed by atoms with van der Waals surface area (Å²) >= 11 is 0. The van der Waals surface area contributed by atoms with Crippen LogP contribution in [0.3, 0.4) is 0 Å². The van der Waals surface area contributed by atoms with Crippen molar-refractivity contribution in [2.45, 2.75) is 32.6 Å². The monoisotopic (exact) mass is 218 g/mol. The minimum atomic E-state index is 0.830. The minimum absolute atomic E-state index is 0.830. The second-order valence-electron chi connectivity index (χ2n) is 5.14. The molecule has 1 saturated carbocycles. The van der Waals surface area contributed by atoms with Crippen LogP contribution in [-0.4, -0.2) is 6.54 Å². The predicted octanol–water partition coefficient (Wildman–Crippen LogP) is 3.51. The summed E-state index contributed by atoms with van der Waals surface area (Å²) in [5, 5.41) is 3.51. The van der Waals surface area contributed by atoms with E-state index >= 15 is 0 Å². The largest absolute Gasteiger partial charge is 0.399 e. The second-order valence-corrected chi connectivity index (χ2v) is 5.14. The van der Waals surface area contributed by atoms with Crippen LogP contribution in [-0.2, 0) is 0 Å². The maximum atomic E-state index is 5.66. The molecule has 0 aromatic heterocycles. The van der Waals surface area contributed by atoms with E-state index in [1.165, 1.54) is 31.4 Å². The highest BCUT2D eigenvalue weighted by atomic mass is 14.9. The lowest BCUT2D eigenvalue weighted by molar-refractivity contribution is 0.293. The highest BCUT2D eigenvalue weighted by Crippen LogP contribution is 2.28. The first-order chi connectivity index (χ1) is 7.74. The van der Waals surface area contributed by atoms with Crippen LogP contribution in [0.5, 0.6) is 0 Å². The molecule has 2 nitrogen and oxygen atoms in total. The summed E-state index contributed by atoms with van der Waals surface area (Å²) in [6, 6.07) is 8.01. The number of hydrogen-bond acceptors (Lipinski definition) is 2. The summed E-state index contributed by atoms with van der Waals surface area (Å²) in [6.07, 6.45) is 5.57. The van der Waals surface area contributed by atoms with Crippen molar-refractivity contribution in [2.24, 2.45) is 11.8 Å². The van der Waals surface area contributed by atoms with Gasteiger partial charge in [-0.2, -0.15) is 0 Å². The summed E-state index contributed by atoms with van der Waals surface area (Å²) in [5.74, 6) is 1.76. The summed E-state index contributed by atoms with van der Waals surface area (Å²) in [7, 11) is 0. The highest BCUT2D eigenvalue weighted by Gasteiger charge is 2.18.